The molecule has 1 aromatic carbocycles. The molecule has 1 aromatic heterocycles. The van der Waals surface area contributed by atoms with Gasteiger partial charge in [0.1, 0.15) is 5.82 Å². The van der Waals surface area contributed by atoms with E-state index in [1.165, 1.54) is 23.1 Å². The van der Waals surface area contributed by atoms with Crippen molar-refractivity contribution in [1.29, 1.82) is 0 Å². The highest BCUT2D eigenvalue weighted by Gasteiger charge is 2.23. The largest absolute Gasteiger partial charge is 0.336 e. The van der Waals surface area contributed by atoms with Gasteiger partial charge in [0, 0.05) is 37.6 Å². The molecule has 1 saturated heterocycles. The molecule has 3 rings (SSSR count). The summed E-state index contributed by atoms with van der Waals surface area (Å²) >= 11 is 7.76. The molecule has 1 fully saturated rings. The molecule has 0 N–H and O–H groups in total. The number of carbonyl (C=O) groups excluding carboxylic acids is 1. The molecule has 3 nitrogen and oxygen atoms in total. The maximum atomic E-state index is 13.1. The standard InChI is InChI=1S/C17H18ClFN2OS/c18-16-12-13(19)3-4-15(16)17(22)21-9-7-20(8-10-21)6-5-14-2-1-11-23-14/h1-4,11-12H,5-10H2. The Balaban J connectivity index is 1.53. The molecule has 0 spiro atoms. The van der Waals surface area contributed by atoms with Crippen LogP contribution in [0.1, 0.15) is 15.2 Å². The summed E-state index contributed by atoms with van der Waals surface area (Å²) < 4.78 is 13.1. The van der Waals surface area contributed by atoms with Gasteiger partial charge in [-0.2, -0.15) is 0 Å². The molecule has 1 aliphatic heterocycles. The zero-order valence-electron chi connectivity index (χ0n) is 12.7. The fourth-order valence-corrected chi connectivity index (χ4v) is 3.68. The second-order valence-corrected chi connectivity index (χ2v) is 7.03. The molecule has 0 radical (unpaired) electrons. The van der Waals surface area contributed by atoms with E-state index in [-0.39, 0.29) is 10.9 Å². The maximum absolute atomic E-state index is 13.1. The van der Waals surface area contributed by atoms with Crippen molar-refractivity contribution in [3.05, 3.63) is 57.0 Å². The zero-order valence-corrected chi connectivity index (χ0v) is 14.2. The van der Waals surface area contributed by atoms with E-state index in [2.05, 4.69) is 22.4 Å². The fourth-order valence-electron chi connectivity index (χ4n) is 2.73. The Labute approximate surface area is 144 Å². The molecule has 1 aliphatic rings. The number of rotatable bonds is 4. The van der Waals surface area contributed by atoms with E-state index in [4.69, 9.17) is 11.6 Å². The number of benzene rings is 1. The normalized spacial score (nSPS) is 15.8. The third-order valence-corrected chi connectivity index (χ3v) is 5.32. The number of amides is 1. The first-order chi connectivity index (χ1) is 11.1. The zero-order chi connectivity index (χ0) is 16.2. The molecular formula is C17H18ClFN2OS. The third kappa shape index (κ3) is 4.10. The van der Waals surface area contributed by atoms with Gasteiger partial charge in [-0.3, -0.25) is 9.69 Å². The van der Waals surface area contributed by atoms with Crippen molar-refractivity contribution in [2.24, 2.45) is 0 Å². The van der Waals surface area contributed by atoms with Crippen LogP contribution in [0.25, 0.3) is 0 Å². The van der Waals surface area contributed by atoms with Crippen molar-refractivity contribution in [3.8, 4) is 0 Å². The fraction of sp³-hybridized carbons (Fsp3) is 0.353. The van der Waals surface area contributed by atoms with Crippen LogP contribution in [0.5, 0.6) is 0 Å². The molecule has 2 heterocycles. The smallest absolute Gasteiger partial charge is 0.255 e. The minimum Gasteiger partial charge on any atom is -0.336 e. The van der Waals surface area contributed by atoms with Crippen molar-refractivity contribution in [1.82, 2.24) is 9.80 Å². The number of nitrogens with zero attached hydrogens (tertiary/aromatic N) is 2. The summed E-state index contributed by atoms with van der Waals surface area (Å²) in [6.07, 6.45) is 1.05. The van der Waals surface area contributed by atoms with E-state index < -0.39 is 5.82 Å². The highest BCUT2D eigenvalue weighted by atomic mass is 35.5. The first-order valence-electron chi connectivity index (χ1n) is 7.62. The van der Waals surface area contributed by atoms with Crippen LogP contribution >= 0.6 is 22.9 Å². The quantitative estimate of drug-likeness (QED) is 0.840. The van der Waals surface area contributed by atoms with E-state index >= 15 is 0 Å². The molecule has 122 valence electrons. The first kappa shape index (κ1) is 16.4. The Kier molecular flexibility index (Phi) is 5.30. The van der Waals surface area contributed by atoms with Gasteiger partial charge in [-0.25, -0.2) is 4.39 Å². The number of halogens is 2. The molecule has 2 aromatic rings. The van der Waals surface area contributed by atoms with E-state index in [1.807, 2.05) is 0 Å². The van der Waals surface area contributed by atoms with Crippen molar-refractivity contribution >= 4 is 28.8 Å². The Morgan fingerprint density at radius 2 is 2.00 bits per heavy atom. The third-order valence-electron chi connectivity index (χ3n) is 4.08. The van der Waals surface area contributed by atoms with Crippen molar-refractivity contribution in [2.75, 3.05) is 32.7 Å². The number of piperazine rings is 1. The van der Waals surface area contributed by atoms with Gasteiger partial charge in [0.2, 0.25) is 0 Å². The van der Waals surface area contributed by atoms with Gasteiger partial charge in [-0.15, -0.1) is 11.3 Å². The molecule has 1 amide bonds. The number of hydrogen-bond donors (Lipinski definition) is 0. The van der Waals surface area contributed by atoms with Crippen LogP contribution < -0.4 is 0 Å². The molecule has 6 heteroatoms. The van der Waals surface area contributed by atoms with Gasteiger partial charge in [0.05, 0.1) is 10.6 Å². The monoisotopic (exact) mass is 352 g/mol. The van der Waals surface area contributed by atoms with Crippen molar-refractivity contribution < 1.29 is 9.18 Å². The average Bonchev–Trinajstić information content (AvgIpc) is 3.06. The summed E-state index contributed by atoms with van der Waals surface area (Å²) in [5.74, 6) is -0.544. The van der Waals surface area contributed by atoms with Crippen molar-refractivity contribution in [2.45, 2.75) is 6.42 Å². The van der Waals surface area contributed by atoms with Gasteiger partial charge >= 0.3 is 0 Å². The lowest BCUT2D eigenvalue weighted by molar-refractivity contribution is 0.0639. The summed E-state index contributed by atoms with van der Waals surface area (Å²) in [6, 6.07) is 8.15. The van der Waals surface area contributed by atoms with Crippen LogP contribution in [0.2, 0.25) is 5.02 Å². The Hall–Kier alpha value is -1.43. The topological polar surface area (TPSA) is 23.6 Å². The van der Waals surface area contributed by atoms with Crippen molar-refractivity contribution in [3.63, 3.8) is 0 Å². The molecule has 23 heavy (non-hydrogen) atoms. The summed E-state index contributed by atoms with van der Waals surface area (Å²) in [7, 11) is 0. The summed E-state index contributed by atoms with van der Waals surface area (Å²) in [6.45, 7) is 4.08. The van der Waals surface area contributed by atoms with Gasteiger partial charge in [0.15, 0.2) is 0 Å². The predicted molar refractivity (Wildman–Crippen MR) is 91.8 cm³/mol. The summed E-state index contributed by atoms with van der Waals surface area (Å²) in [5, 5.41) is 2.27. The molecule has 0 atom stereocenters. The lowest BCUT2D eigenvalue weighted by Crippen LogP contribution is -2.49. The second kappa shape index (κ2) is 7.43. The van der Waals surface area contributed by atoms with Crippen LogP contribution in [0.15, 0.2) is 35.7 Å². The summed E-state index contributed by atoms with van der Waals surface area (Å²) in [4.78, 5) is 18.0. The number of hydrogen-bond acceptors (Lipinski definition) is 3. The highest BCUT2D eigenvalue weighted by molar-refractivity contribution is 7.09. The molecular weight excluding hydrogens is 335 g/mol. The molecule has 0 bridgehead atoms. The van der Waals surface area contributed by atoms with Crippen LogP contribution in [0.3, 0.4) is 0 Å². The number of thiophene rings is 1. The van der Waals surface area contributed by atoms with Crippen LogP contribution in [0, 0.1) is 5.82 Å². The van der Waals surface area contributed by atoms with Crippen LogP contribution in [-0.2, 0) is 6.42 Å². The minimum absolute atomic E-state index is 0.118. The Morgan fingerprint density at radius 3 is 2.65 bits per heavy atom. The predicted octanol–water partition coefficient (Wildman–Crippen LogP) is 3.54. The second-order valence-electron chi connectivity index (χ2n) is 5.59. The summed E-state index contributed by atoms with van der Waals surface area (Å²) in [5.41, 5.74) is 0.375. The van der Waals surface area contributed by atoms with E-state index in [0.717, 1.165) is 26.1 Å². The maximum Gasteiger partial charge on any atom is 0.255 e. The lowest BCUT2D eigenvalue weighted by atomic mass is 10.1. The molecule has 0 aliphatic carbocycles. The van der Waals surface area contributed by atoms with E-state index in [1.54, 1.807) is 16.2 Å². The van der Waals surface area contributed by atoms with Gasteiger partial charge in [0.25, 0.3) is 5.91 Å². The lowest BCUT2D eigenvalue weighted by Gasteiger charge is -2.34. The molecule has 0 unspecified atom stereocenters. The van der Waals surface area contributed by atoms with Gasteiger partial charge in [-0.1, -0.05) is 17.7 Å². The first-order valence-corrected chi connectivity index (χ1v) is 8.88. The van der Waals surface area contributed by atoms with Crippen LogP contribution in [-0.4, -0.2) is 48.4 Å². The van der Waals surface area contributed by atoms with E-state index in [0.29, 0.717) is 18.7 Å². The Bertz CT molecular complexity index is 669. The number of carbonyl (C=O) groups is 1. The highest BCUT2D eigenvalue weighted by Crippen LogP contribution is 2.20. The van der Waals surface area contributed by atoms with E-state index in [9.17, 15) is 9.18 Å². The van der Waals surface area contributed by atoms with Crippen LogP contribution in [0.4, 0.5) is 4.39 Å². The average molecular weight is 353 g/mol. The minimum atomic E-state index is -0.426. The SMILES string of the molecule is O=C(c1ccc(F)cc1Cl)N1CCN(CCc2cccs2)CC1. The van der Waals surface area contributed by atoms with Gasteiger partial charge in [-0.05, 0) is 36.1 Å². The van der Waals surface area contributed by atoms with Gasteiger partial charge < -0.3 is 4.90 Å². The Morgan fingerprint density at radius 1 is 1.22 bits per heavy atom. The molecule has 0 saturated carbocycles.